The molecule has 1 aromatic heterocycles. The first-order valence-corrected chi connectivity index (χ1v) is 9.05. The molecule has 140 valence electrons. The number of anilines is 1. The molecular formula is C21H25N5O. The standard InChI is InChI=1S/C21H25N5O/c1-4-26(12-11-25(2)3)20(27)19-10-9-16(15-13-23-21(22)24-14-15)17-7-5-6-8-18(17)19/h5-10,13-14H,4,11-12H2,1-3H3,(H2,22,23,24). The third-order valence-corrected chi connectivity index (χ3v) is 4.62. The third kappa shape index (κ3) is 4.06. The lowest BCUT2D eigenvalue weighted by molar-refractivity contribution is 0.0756. The van der Waals surface area contributed by atoms with E-state index < -0.39 is 0 Å². The van der Waals surface area contributed by atoms with Gasteiger partial charge in [0.25, 0.3) is 5.91 Å². The molecule has 0 aliphatic rings. The summed E-state index contributed by atoms with van der Waals surface area (Å²) >= 11 is 0. The molecule has 2 aromatic carbocycles. The molecule has 0 fully saturated rings. The van der Waals surface area contributed by atoms with E-state index in [9.17, 15) is 4.79 Å². The number of carbonyl (C=O) groups excluding carboxylic acids is 1. The van der Waals surface area contributed by atoms with Crippen molar-refractivity contribution in [1.82, 2.24) is 19.8 Å². The Morgan fingerprint density at radius 1 is 1.00 bits per heavy atom. The lowest BCUT2D eigenvalue weighted by atomic mass is 9.96. The number of nitrogen functional groups attached to an aromatic ring is 1. The van der Waals surface area contributed by atoms with E-state index in [0.29, 0.717) is 18.7 Å². The van der Waals surface area contributed by atoms with E-state index in [4.69, 9.17) is 5.73 Å². The first-order chi connectivity index (χ1) is 13.0. The third-order valence-electron chi connectivity index (χ3n) is 4.62. The van der Waals surface area contributed by atoms with Crippen LogP contribution < -0.4 is 5.73 Å². The molecule has 0 aliphatic heterocycles. The van der Waals surface area contributed by atoms with Crippen LogP contribution in [0.3, 0.4) is 0 Å². The van der Waals surface area contributed by atoms with Gasteiger partial charge in [-0.15, -0.1) is 0 Å². The molecule has 1 heterocycles. The van der Waals surface area contributed by atoms with E-state index in [2.05, 4.69) is 14.9 Å². The van der Waals surface area contributed by atoms with Gasteiger partial charge in [-0.1, -0.05) is 30.3 Å². The summed E-state index contributed by atoms with van der Waals surface area (Å²) in [5, 5.41) is 1.93. The van der Waals surface area contributed by atoms with E-state index in [-0.39, 0.29) is 11.9 Å². The first kappa shape index (κ1) is 18.8. The van der Waals surface area contributed by atoms with Gasteiger partial charge in [0.05, 0.1) is 0 Å². The van der Waals surface area contributed by atoms with Gasteiger partial charge in [0.2, 0.25) is 5.95 Å². The number of benzene rings is 2. The van der Waals surface area contributed by atoms with E-state index in [1.165, 1.54) is 0 Å². The molecule has 0 spiro atoms. The highest BCUT2D eigenvalue weighted by molar-refractivity contribution is 6.10. The fourth-order valence-electron chi connectivity index (χ4n) is 3.11. The van der Waals surface area contributed by atoms with Crippen molar-refractivity contribution in [1.29, 1.82) is 0 Å². The molecule has 2 N–H and O–H groups in total. The van der Waals surface area contributed by atoms with Crippen LogP contribution >= 0.6 is 0 Å². The van der Waals surface area contributed by atoms with Crippen LogP contribution in [0, 0.1) is 0 Å². The van der Waals surface area contributed by atoms with Gasteiger partial charge in [-0.05, 0) is 43.4 Å². The van der Waals surface area contributed by atoms with Gasteiger partial charge in [-0.3, -0.25) is 4.79 Å². The molecule has 1 amide bonds. The van der Waals surface area contributed by atoms with Crippen molar-refractivity contribution in [2.24, 2.45) is 0 Å². The Morgan fingerprint density at radius 3 is 2.30 bits per heavy atom. The zero-order chi connectivity index (χ0) is 19.4. The lowest BCUT2D eigenvalue weighted by Gasteiger charge is -2.24. The number of aromatic nitrogens is 2. The molecule has 3 rings (SSSR count). The smallest absolute Gasteiger partial charge is 0.254 e. The summed E-state index contributed by atoms with van der Waals surface area (Å²) in [4.78, 5) is 25.3. The van der Waals surface area contributed by atoms with E-state index >= 15 is 0 Å². The number of carbonyl (C=O) groups is 1. The Bertz CT molecular complexity index is 937. The maximum absolute atomic E-state index is 13.2. The van der Waals surface area contributed by atoms with Gasteiger partial charge in [-0.2, -0.15) is 0 Å². The number of likely N-dealkylation sites (N-methyl/N-ethyl adjacent to an activating group) is 2. The van der Waals surface area contributed by atoms with Crippen LogP contribution in [0.25, 0.3) is 21.9 Å². The summed E-state index contributed by atoms with van der Waals surface area (Å²) in [7, 11) is 4.02. The minimum Gasteiger partial charge on any atom is -0.368 e. The van der Waals surface area contributed by atoms with E-state index in [0.717, 1.165) is 28.4 Å². The number of hydrogen-bond donors (Lipinski definition) is 1. The molecule has 0 unspecified atom stereocenters. The normalized spacial score (nSPS) is 11.1. The predicted molar refractivity (Wildman–Crippen MR) is 110 cm³/mol. The van der Waals surface area contributed by atoms with Gasteiger partial charge < -0.3 is 15.5 Å². The van der Waals surface area contributed by atoms with Crippen LogP contribution in [0.5, 0.6) is 0 Å². The van der Waals surface area contributed by atoms with Crippen LogP contribution in [-0.4, -0.2) is 59.4 Å². The summed E-state index contributed by atoms with van der Waals surface area (Å²) in [5.74, 6) is 0.296. The van der Waals surface area contributed by atoms with Crippen molar-refractivity contribution in [3.05, 3.63) is 54.4 Å². The monoisotopic (exact) mass is 363 g/mol. The second-order valence-corrected chi connectivity index (χ2v) is 6.72. The molecular weight excluding hydrogens is 338 g/mol. The summed E-state index contributed by atoms with van der Waals surface area (Å²) in [6, 6.07) is 11.8. The van der Waals surface area contributed by atoms with E-state index in [1.807, 2.05) is 62.3 Å². The number of nitrogens with zero attached hydrogens (tertiary/aromatic N) is 4. The van der Waals surface area contributed by atoms with Gasteiger partial charge in [0.1, 0.15) is 0 Å². The molecule has 0 aliphatic carbocycles. The van der Waals surface area contributed by atoms with E-state index in [1.54, 1.807) is 12.4 Å². The van der Waals surface area contributed by atoms with Gasteiger partial charge in [0, 0.05) is 43.2 Å². The first-order valence-electron chi connectivity index (χ1n) is 9.05. The highest BCUT2D eigenvalue weighted by Crippen LogP contribution is 2.31. The number of amides is 1. The summed E-state index contributed by atoms with van der Waals surface area (Å²) in [6.07, 6.45) is 3.42. The Kier molecular flexibility index (Phi) is 5.66. The topological polar surface area (TPSA) is 75.3 Å². The molecule has 6 nitrogen and oxygen atoms in total. The average Bonchev–Trinajstić information content (AvgIpc) is 2.68. The van der Waals surface area contributed by atoms with Crippen LogP contribution in [0.4, 0.5) is 5.95 Å². The SMILES string of the molecule is CCN(CCN(C)C)C(=O)c1ccc(-c2cnc(N)nc2)c2ccccc12. The van der Waals surface area contributed by atoms with Crippen molar-refractivity contribution in [2.45, 2.75) is 6.92 Å². The second-order valence-electron chi connectivity index (χ2n) is 6.72. The fourth-order valence-corrected chi connectivity index (χ4v) is 3.11. The summed E-state index contributed by atoms with van der Waals surface area (Å²) in [5.41, 5.74) is 8.18. The second kappa shape index (κ2) is 8.14. The number of fused-ring (bicyclic) bond motifs is 1. The molecule has 0 radical (unpaired) electrons. The largest absolute Gasteiger partial charge is 0.368 e. The van der Waals surface area contributed by atoms with Crippen molar-refractivity contribution in [2.75, 3.05) is 39.5 Å². The molecule has 0 atom stereocenters. The van der Waals surface area contributed by atoms with Crippen LogP contribution in [0.2, 0.25) is 0 Å². The van der Waals surface area contributed by atoms with Gasteiger partial charge >= 0.3 is 0 Å². The summed E-state index contributed by atoms with van der Waals surface area (Å²) in [6.45, 7) is 4.22. The lowest BCUT2D eigenvalue weighted by Crippen LogP contribution is -2.36. The maximum Gasteiger partial charge on any atom is 0.254 e. The number of nitrogens with two attached hydrogens (primary N) is 1. The summed E-state index contributed by atoms with van der Waals surface area (Å²) < 4.78 is 0. The highest BCUT2D eigenvalue weighted by atomic mass is 16.2. The molecule has 0 saturated heterocycles. The molecule has 0 saturated carbocycles. The predicted octanol–water partition coefficient (Wildman–Crippen LogP) is 2.90. The molecule has 3 aromatic rings. The Hall–Kier alpha value is -2.99. The zero-order valence-corrected chi connectivity index (χ0v) is 16.0. The van der Waals surface area contributed by atoms with Crippen molar-refractivity contribution in [3.63, 3.8) is 0 Å². The Morgan fingerprint density at radius 2 is 1.67 bits per heavy atom. The maximum atomic E-state index is 13.2. The molecule has 27 heavy (non-hydrogen) atoms. The minimum absolute atomic E-state index is 0.0515. The van der Waals surface area contributed by atoms with Crippen molar-refractivity contribution < 1.29 is 4.79 Å². The molecule has 0 bridgehead atoms. The van der Waals surface area contributed by atoms with Gasteiger partial charge in [0.15, 0.2) is 0 Å². The highest BCUT2D eigenvalue weighted by Gasteiger charge is 2.18. The van der Waals surface area contributed by atoms with Crippen LogP contribution in [0.1, 0.15) is 17.3 Å². The Labute approximate surface area is 159 Å². The average molecular weight is 363 g/mol. The fraction of sp³-hybridized carbons (Fsp3) is 0.286. The minimum atomic E-state index is 0.0515. The van der Waals surface area contributed by atoms with Crippen molar-refractivity contribution >= 4 is 22.6 Å². The van der Waals surface area contributed by atoms with Crippen LogP contribution in [0.15, 0.2) is 48.8 Å². The zero-order valence-electron chi connectivity index (χ0n) is 16.0. The Balaban J connectivity index is 2.04. The van der Waals surface area contributed by atoms with Crippen LogP contribution in [-0.2, 0) is 0 Å². The van der Waals surface area contributed by atoms with Crippen molar-refractivity contribution in [3.8, 4) is 11.1 Å². The molecule has 6 heteroatoms. The quantitative estimate of drug-likeness (QED) is 0.729. The number of rotatable bonds is 6. The van der Waals surface area contributed by atoms with Gasteiger partial charge in [-0.25, -0.2) is 9.97 Å². The number of hydrogen-bond acceptors (Lipinski definition) is 5.